The Bertz CT molecular complexity index is 1030. The van der Waals surface area contributed by atoms with Gasteiger partial charge in [-0.25, -0.2) is 4.68 Å². The Hall–Kier alpha value is -2.79. The predicted octanol–water partition coefficient (Wildman–Crippen LogP) is 5.06. The van der Waals surface area contributed by atoms with Gasteiger partial charge < -0.3 is 14.8 Å². The summed E-state index contributed by atoms with van der Waals surface area (Å²) in [5.74, 6) is 1.57. The zero-order valence-corrected chi connectivity index (χ0v) is 18.4. The molecule has 0 spiro atoms. The summed E-state index contributed by atoms with van der Waals surface area (Å²) in [4.78, 5) is 0. The maximum atomic E-state index is 5.72. The van der Waals surface area contributed by atoms with Crippen molar-refractivity contribution < 1.29 is 9.47 Å². The van der Waals surface area contributed by atoms with Gasteiger partial charge in [-0.15, -0.1) is 0 Å². The molecule has 2 aromatic carbocycles. The summed E-state index contributed by atoms with van der Waals surface area (Å²) in [7, 11) is 1.67. The number of hydrogen-bond donors (Lipinski definition) is 1. The van der Waals surface area contributed by atoms with E-state index in [-0.39, 0.29) is 0 Å². The first-order valence-corrected chi connectivity index (χ1v) is 10.8. The standard InChI is InChI=1S/C25H31N3O2/c1-5-30-25-14-19(12-13-24(25)29-4)15-26-21-9-7-11-23-20(21)16-27-28(23)22-10-6-8-17(2)18(22)3/h6,8,10,12-14,16,21,26H,5,7,9,11,15H2,1-4H3/t21-/m0/s1. The van der Waals surface area contributed by atoms with Crippen LogP contribution in [-0.4, -0.2) is 23.5 Å². The Morgan fingerprint density at radius 1 is 1.17 bits per heavy atom. The highest BCUT2D eigenvalue weighted by molar-refractivity contribution is 5.47. The highest BCUT2D eigenvalue weighted by atomic mass is 16.5. The van der Waals surface area contributed by atoms with E-state index in [4.69, 9.17) is 14.6 Å². The highest BCUT2D eigenvalue weighted by Gasteiger charge is 2.25. The maximum absolute atomic E-state index is 5.72. The van der Waals surface area contributed by atoms with Crippen molar-refractivity contribution >= 4 is 0 Å². The lowest BCUT2D eigenvalue weighted by Gasteiger charge is -2.25. The molecular formula is C25H31N3O2. The minimum atomic E-state index is 0.310. The number of nitrogens with one attached hydrogen (secondary N) is 1. The van der Waals surface area contributed by atoms with E-state index in [2.05, 4.69) is 54.2 Å². The molecule has 1 aromatic heterocycles. The number of benzene rings is 2. The number of nitrogens with zero attached hydrogens (tertiary/aromatic N) is 2. The van der Waals surface area contributed by atoms with E-state index in [9.17, 15) is 0 Å². The van der Waals surface area contributed by atoms with Crippen LogP contribution in [0.2, 0.25) is 0 Å². The number of aromatic nitrogens is 2. The smallest absolute Gasteiger partial charge is 0.161 e. The van der Waals surface area contributed by atoms with E-state index in [1.165, 1.54) is 33.6 Å². The van der Waals surface area contributed by atoms with Crippen LogP contribution < -0.4 is 14.8 Å². The summed E-state index contributed by atoms with van der Waals surface area (Å²) < 4.78 is 13.3. The number of rotatable bonds is 7. The van der Waals surface area contributed by atoms with Crippen molar-refractivity contribution in [3.05, 3.63) is 70.5 Å². The second-order valence-corrected chi connectivity index (χ2v) is 7.92. The third kappa shape index (κ3) is 3.94. The first kappa shape index (κ1) is 20.5. The lowest BCUT2D eigenvalue weighted by molar-refractivity contribution is 0.310. The summed E-state index contributed by atoms with van der Waals surface area (Å²) in [5, 5.41) is 8.52. The molecule has 158 valence electrons. The third-order valence-electron chi connectivity index (χ3n) is 6.07. The van der Waals surface area contributed by atoms with Gasteiger partial charge in [0.15, 0.2) is 11.5 Å². The maximum Gasteiger partial charge on any atom is 0.161 e. The SMILES string of the molecule is CCOc1cc(CN[C@H]2CCCc3c2cnn3-c2cccc(C)c2C)ccc1OC. The number of hydrogen-bond acceptors (Lipinski definition) is 4. The quantitative estimate of drug-likeness (QED) is 0.597. The average molecular weight is 406 g/mol. The largest absolute Gasteiger partial charge is 0.493 e. The van der Waals surface area contributed by atoms with Crippen LogP contribution in [0.25, 0.3) is 5.69 Å². The molecule has 1 aliphatic rings. The van der Waals surface area contributed by atoms with Gasteiger partial charge in [0, 0.05) is 23.8 Å². The van der Waals surface area contributed by atoms with Crippen LogP contribution in [0.4, 0.5) is 0 Å². The lowest BCUT2D eigenvalue weighted by atomic mass is 9.92. The minimum Gasteiger partial charge on any atom is -0.493 e. The molecule has 5 nitrogen and oxygen atoms in total. The molecule has 0 aliphatic heterocycles. The second-order valence-electron chi connectivity index (χ2n) is 7.92. The molecule has 5 heteroatoms. The molecule has 1 atom stereocenters. The summed E-state index contributed by atoms with van der Waals surface area (Å²) in [6, 6.07) is 12.9. The van der Waals surface area contributed by atoms with E-state index in [1.54, 1.807) is 7.11 Å². The van der Waals surface area contributed by atoms with E-state index in [1.807, 2.05) is 19.2 Å². The van der Waals surface area contributed by atoms with Crippen molar-refractivity contribution in [2.24, 2.45) is 0 Å². The molecule has 1 aliphatic carbocycles. The van der Waals surface area contributed by atoms with Gasteiger partial charge in [0.1, 0.15) is 0 Å². The lowest BCUT2D eigenvalue weighted by Crippen LogP contribution is -2.25. The number of ether oxygens (including phenoxy) is 2. The zero-order valence-electron chi connectivity index (χ0n) is 18.4. The van der Waals surface area contributed by atoms with Crippen molar-refractivity contribution in [3.63, 3.8) is 0 Å². The Morgan fingerprint density at radius 2 is 2.03 bits per heavy atom. The van der Waals surface area contributed by atoms with Crippen LogP contribution in [-0.2, 0) is 13.0 Å². The number of methoxy groups -OCH3 is 1. The van der Waals surface area contributed by atoms with Gasteiger partial charge in [0.2, 0.25) is 0 Å². The molecule has 0 saturated heterocycles. The van der Waals surface area contributed by atoms with Crippen molar-refractivity contribution in [2.75, 3.05) is 13.7 Å². The van der Waals surface area contributed by atoms with Crippen molar-refractivity contribution in [2.45, 2.75) is 52.6 Å². The summed E-state index contributed by atoms with van der Waals surface area (Å²) in [6.45, 7) is 7.72. The third-order valence-corrected chi connectivity index (χ3v) is 6.07. The van der Waals surface area contributed by atoms with Crippen LogP contribution >= 0.6 is 0 Å². The molecular weight excluding hydrogens is 374 g/mol. The van der Waals surface area contributed by atoms with Gasteiger partial charge in [-0.2, -0.15) is 5.10 Å². The van der Waals surface area contributed by atoms with E-state index >= 15 is 0 Å². The van der Waals surface area contributed by atoms with Gasteiger partial charge in [-0.3, -0.25) is 0 Å². The molecule has 4 rings (SSSR count). The molecule has 0 radical (unpaired) electrons. The van der Waals surface area contributed by atoms with E-state index < -0.39 is 0 Å². The molecule has 0 unspecified atom stereocenters. The number of fused-ring (bicyclic) bond motifs is 1. The molecule has 1 N–H and O–H groups in total. The fourth-order valence-electron chi connectivity index (χ4n) is 4.28. The van der Waals surface area contributed by atoms with Crippen molar-refractivity contribution in [1.29, 1.82) is 0 Å². The Balaban J connectivity index is 1.54. The molecule has 0 bridgehead atoms. The zero-order chi connectivity index (χ0) is 21.1. The molecule has 30 heavy (non-hydrogen) atoms. The van der Waals surface area contributed by atoms with Gasteiger partial charge in [-0.1, -0.05) is 18.2 Å². The second kappa shape index (κ2) is 8.92. The van der Waals surface area contributed by atoms with Crippen LogP contribution in [0.15, 0.2) is 42.6 Å². The van der Waals surface area contributed by atoms with Crippen molar-refractivity contribution in [1.82, 2.24) is 15.1 Å². The predicted molar refractivity (Wildman–Crippen MR) is 120 cm³/mol. The van der Waals surface area contributed by atoms with Gasteiger partial charge in [0.25, 0.3) is 0 Å². The van der Waals surface area contributed by atoms with Crippen molar-refractivity contribution in [3.8, 4) is 17.2 Å². The Kier molecular flexibility index (Phi) is 6.09. The fourth-order valence-corrected chi connectivity index (χ4v) is 4.28. The molecule has 1 heterocycles. The molecule has 0 amide bonds. The summed E-state index contributed by atoms with van der Waals surface area (Å²) in [6.07, 6.45) is 5.40. The summed E-state index contributed by atoms with van der Waals surface area (Å²) >= 11 is 0. The van der Waals surface area contributed by atoms with Crippen LogP contribution in [0.1, 0.15) is 53.8 Å². The first-order chi connectivity index (χ1) is 14.6. The fraction of sp³-hybridized carbons (Fsp3) is 0.400. The molecule has 3 aromatic rings. The van der Waals surface area contributed by atoms with Crippen LogP contribution in [0.5, 0.6) is 11.5 Å². The van der Waals surface area contributed by atoms with Gasteiger partial charge in [-0.05, 0) is 74.9 Å². The summed E-state index contributed by atoms with van der Waals surface area (Å²) in [5.41, 5.74) is 7.62. The normalized spacial score (nSPS) is 15.7. The van der Waals surface area contributed by atoms with Gasteiger partial charge in [0.05, 0.1) is 25.6 Å². The molecule has 0 saturated carbocycles. The van der Waals surface area contributed by atoms with Gasteiger partial charge >= 0.3 is 0 Å². The topological polar surface area (TPSA) is 48.3 Å². The highest BCUT2D eigenvalue weighted by Crippen LogP contribution is 2.33. The monoisotopic (exact) mass is 405 g/mol. The molecule has 0 fully saturated rings. The van der Waals surface area contributed by atoms with E-state index in [0.29, 0.717) is 12.6 Å². The van der Waals surface area contributed by atoms with Crippen LogP contribution in [0.3, 0.4) is 0 Å². The van der Waals surface area contributed by atoms with Crippen LogP contribution in [0, 0.1) is 13.8 Å². The average Bonchev–Trinajstić information content (AvgIpc) is 3.19. The number of aryl methyl sites for hydroxylation is 1. The van der Waals surface area contributed by atoms with E-state index in [0.717, 1.165) is 37.3 Å². The Labute approximate surface area is 179 Å². The Morgan fingerprint density at radius 3 is 2.83 bits per heavy atom. The minimum absolute atomic E-state index is 0.310. The first-order valence-electron chi connectivity index (χ1n) is 10.8.